The highest BCUT2D eigenvalue weighted by Crippen LogP contribution is 2.32. The monoisotopic (exact) mass is 345 g/mol. The molecule has 0 spiro atoms. The average Bonchev–Trinajstić information content (AvgIpc) is 3.06. The summed E-state index contributed by atoms with van der Waals surface area (Å²) >= 11 is 0. The highest BCUT2D eigenvalue weighted by molar-refractivity contribution is 5.90. The molecule has 1 aliphatic rings. The van der Waals surface area contributed by atoms with Gasteiger partial charge in [-0.1, -0.05) is 66.7 Å². The second-order valence-electron chi connectivity index (χ2n) is 7.10. The Morgan fingerprint density at radius 3 is 2.35 bits per heavy atom. The third-order valence-electron chi connectivity index (χ3n) is 5.42. The molecular weight excluding hydrogens is 322 g/mol. The highest BCUT2D eigenvalue weighted by atomic mass is 16.5. The summed E-state index contributed by atoms with van der Waals surface area (Å²) in [7, 11) is 1.74. The molecule has 4 rings (SSSR count). The van der Waals surface area contributed by atoms with Crippen molar-refractivity contribution < 1.29 is 9.53 Å². The molecule has 26 heavy (non-hydrogen) atoms. The standard InChI is InChI=1S/C23H23NO2/c1-26-23(14-19-8-2-3-9-20(19)15-23)16-24-22(25)13-18-11-6-10-17-7-4-5-12-21(17)18/h2-12H,13-16H2,1H3,(H,24,25). The Kier molecular flexibility index (Phi) is 4.48. The van der Waals surface area contributed by atoms with Crippen molar-refractivity contribution in [1.29, 1.82) is 0 Å². The Labute approximate surface area is 154 Å². The molecule has 3 heteroatoms. The number of benzene rings is 3. The maximum absolute atomic E-state index is 12.6. The lowest BCUT2D eigenvalue weighted by Crippen LogP contribution is -2.45. The summed E-state index contributed by atoms with van der Waals surface area (Å²) in [6, 6.07) is 22.7. The van der Waals surface area contributed by atoms with Crippen molar-refractivity contribution >= 4 is 16.7 Å². The van der Waals surface area contributed by atoms with E-state index < -0.39 is 0 Å². The molecule has 1 N–H and O–H groups in total. The van der Waals surface area contributed by atoms with Gasteiger partial charge in [-0.3, -0.25) is 4.79 Å². The number of ether oxygens (including phenoxy) is 1. The zero-order chi connectivity index (χ0) is 18.0. The van der Waals surface area contributed by atoms with Crippen LogP contribution in [-0.2, 0) is 28.8 Å². The molecule has 0 bridgehead atoms. The van der Waals surface area contributed by atoms with Crippen LogP contribution in [0.25, 0.3) is 10.8 Å². The third-order valence-corrected chi connectivity index (χ3v) is 5.42. The van der Waals surface area contributed by atoms with Gasteiger partial charge in [0.1, 0.15) is 0 Å². The predicted molar refractivity (Wildman–Crippen MR) is 104 cm³/mol. The van der Waals surface area contributed by atoms with Crippen LogP contribution in [0.15, 0.2) is 66.7 Å². The van der Waals surface area contributed by atoms with Crippen LogP contribution in [0.2, 0.25) is 0 Å². The predicted octanol–water partition coefficient (Wildman–Crippen LogP) is 3.68. The fraction of sp³-hybridized carbons (Fsp3) is 0.261. The van der Waals surface area contributed by atoms with Crippen LogP contribution in [-0.4, -0.2) is 25.2 Å². The molecule has 0 radical (unpaired) electrons. The van der Waals surface area contributed by atoms with Crippen LogP contribution in [0.3, 0.4) is 0 Å². The second kappa shape index (κ2) is 6.93. The van der Waals surface area contributed by atoms with E-state index in [2.05, 4.69) is 47.8 Å². The third kappa shape index (κ3) is 3.23. The summed E-state index contributed by atoms with van der Waals surface area (Å²) in [6.45, 7) is 0.530. The number of carbonyl (C=O) groups excluding carboxylic acids is 1. The van der Waals surface area contributed by atoms with Crippen LogP contribution in [0.4, 0.5) is 0 Å². The van der Waals surface area contributed by atoms with Gasteiger partial charge in [0.2, 0.25) is 5.91 Å². The zero-order valence-corrected chi connectivity index (χ0v) is 15.0. The molecule has 1 aliphatic carbocycles. The molecule has 0 saturated heterocycles. The number of nitrogens with one attached hydrogen (secondary N) is 1. The quantitative estimate of drug-likeness (QED) is 0.766. The van der Waals surface area contributed by atoms with Gasteiger partial charge in [0, 0.05) is 26.5 Å². The lowest BCUT2D eigenvalue weighted by atomic mass is 9.99. The van der Waals surface area contributed by atoms with Gasteiger partial charge in [-0.15, -0.1) is 0 Å². The van der Waals surface area contributed by atoms with Gasteiger partial charge in [0.25, 0.3) is 0 Å². The summed E-state index contributed by atoms with van der Waals surface area (Å²) in [5.74, 6) is 0.0359. The number of rotatable bonds is 5. The highest BCUT2D eigenvalue weighted by Gasteiger charge is 2.37. The number of fused-ring (bicyclic) bond motifs is 2. The first-order valence-corrected chi connectivity index (χ1v) is 9.04. The van der Waals surface area contributed by atoms with Crippen molar-refractivity contribution in [2.45, 2.75) is 24.9 Å². The Hall–Kier alpha value is -2.65. The molecule has 0 unspecified atom stereocenters. The summed E-state index contributed by atoms with van der Waals surface area (Å²) in [4.78, 5) is 12.6. The van der Waals surface area contributed by atoms with Crippen LogP contribution in [0.1, 0.15) is 16.7 Å². The summed E-state index contributed by atoms with van der Waals surface area (Å²) in [5.41, 5.74) is 3.36. The number of carbonyl (C=O) groups is 1. The Bertz CT molecular complexity index is 917. The first-order valence-electron chi connectivity index (χ1n) is 9.04. The molecule has 3 aromatic carbocycles. The lowest BCUT2D eigenvalue weighted by Gasteiger charge is -2.27. The molecule has 0 heterocycles. The molecule has 0 fully saturated rings. The maximum atomic E-state index is 12.6. The molecule has 1 amide bonds. The first-order chi connectivity index (χ1) is 12.7. The fourth-order valence-electron chi connectivity index (χ4n) is 3.94. The van der Waals surface area contributed by atoms with Crippen molar-refractivity contribution in [3.05, 3.63) is 83.4 Å². The van der Waals surface area contributed by atoms with E-state index in [0.29, 0.717) is 13.0 Å². The van der Waals surface area contributed by atoms with Crippen molar-refractivity contribution in [2.75, 3.05) is 13.7 Å². The average molecular weight is 345 g/mol. The Morgan fingerprint density at radius 2 is 1.62 bits per heavy atom. The van der Waals surface area contributed by atoms with Gasteiger partial charge in [0.15, 0.2) is 0 Å². The minimum Gasteiger partial charge on any atom is -0.376 e. The maximum Gasteiger partial charge on any atom is 0.224 e. The molecule has 3 nitrogen and oxygen atoms in total. The Morgan fingerprint density at radius 1 is 0.962 bits per heavy atom. The van der Waals surface area contributed by atoms with E-state index in [1.165, 1.54) is 11.1 Å². The first kappa shape index (κ1) is 16.8. The molecule has 132 valence electrons. The second-order valence-corrected chi connectivity index (χ2v) is 7.10. The molecule has 0 aromatic heterocycles. The van der Waals surface area contributed by atoms with Crippen molar-refractivity contribution in [3.8, 4) is 0 Å². The van der Waals surface area contributed by atoms with Gasteiger partial charge in [-0.2, -0.15) is 0 Å². The summed E-state index contributed by atoms with van der Waals surface area (Å²) < 4.78 is 5.84. The van der Waals surface area contributed by atoms with Gasteiger partial charge in [0.05, 0.1) is 12.0 Å². The van der Waals surface area contributed by atoms with E-state index in [4.69, 9.17) is 4.74 Å². The molecular formula is C23H23NO2. The van der Waals surface area contributed by atoms with Crippen molar-refractivity contribution in [3.63, 3.8) is 0 Å². The van der Waals surface area contributed by atoms with Crippen molar-refractivity contribution in [2.24, 2.45) is 0 Å². The van der Waals surface area contributed by atoms with Crippen LogP contribution in [0, 0.1) is 0 Å². The minimum absolute atomic E-state index is 0.0359. The van der Waals surface area contributed by atoms with E-state index >= 15 is 0 Å². The minimum atomic E-state index is -0.335. The van der Waals surface area contributed by atoms with E-state index in [0.717, 1.165) is 29.2 Å². The van der Waals surface area contributed by atoms with Gasteiger partial charge < -0.3 is 10.1 Å². The lowest BCUT2D eigenvalue weighted by molar-refractivity contribution is -0.122. The van der Waals surface area contributed by atoms with E-state index in [-0.39, 0.29) is 11.5 Å². The largest absolute Gasteiger partial charge is 0.376 e. The van der Waals surface area contributed by atoms with E-state index in [9.17, 15) is 4.79 Å². The summed E-state index contributed by atoms with van der Waals surface area (Å²) in [6.07, 6.45) is 2.07. The number of amides is 1. The zero-order valence-electron chi connectivity index (χ0n) is 15.0. The van der Waals surface area contributed by atoms with Gasteiger partial charge in [-0.25, -0.2) is 0 Å². The Balaban J connectivity index is 1.44. The normalized spacial score (nSPS) is 15.0. The topological polar surface area (TPSA) is 38.3 Å². The fourth-order valence-corrected chi connectivity index (χ4v) is 3.94. The number of hydrogen-bond acceptors (Lipinski definition) is 2. The molecule has 0 saturated carbocycles. The molecule has 3 aromatic rings. The van der Waals surface area contributed by atoms with Crippen LogP contribution >= 0.6 is 0 Å². The SMILES string of the molecule is COC1(CNC(=O)Cc2cccc3ccccc23)Cc2ccccc2C1. The van der Waals surface area contributed by atoms with Crippen LogP contribution in [0.5, 0.6) is 0 Å². The smallest absolute Gasteiger partial charge is 0.224 e. The van der Waals surface area contributed by atoms with Crippen molar-refractivity contribution in [1.82, 2.24) is 5.32 Å². The van der Waals surface area contributed by atoms with Crippen LogP contribution < -0.4 is 5.32 Å². The van der Waals surface area contributed by atoms with Gasteiger partial charge in [-0.05, 0) is 27.5 Å². The molecule has 0 aliphatic heterocycles. The molecule has 0 atom stereocenters. The summed E-state index contributed by atoms with van der Waals surface area (Å²) in [5, 5.41) is 5.40. The van der Waals surface area contributed by atoms with Gasteiger partial charge >= 0.3 is 0 Å². The van der Waals surface area contributed by atoms with E-state index in [1.54, 1.807) is 7.11 Å². The van der Waals surface area contributed by atoms with E-state index in [1.807, 2.05) is 24.3 Å². The number of hydrogen-bond donors (Lipinski definition) is 1. The number of methoxy groups -OCH3 is 1.